The van der Waals surface area contributed by atoms with Crippen molar-refractivity contribution in [3.05, 3.63) is 32.6 Å². The topological polar surface area (TPSA) is 277 Å². The molecule has 18 nitrogen and oxygen atoms in total. The highest BCUT2D eigenvalue weighted by molar-refractivity contribution is 7.61. The molecule has 0 amide bonds. The molecule has 0 aliphatic carbocycles. The van der Waals surface area contributed by atoms with Crippen LogP contribution >= 0.6 is 15.6 Å². The molecule has 1 aromatic rings. The molecule has 1 aromatic heterocycles. The van der Waals surface area contributed by atoms with Crippen molar-refractivity contribution >= 4 is 15.6 Å². The Kier molecular flexibility index (Phi) is 8.23. The Labute approximate surface area is 195 Å². The molecule has 0 aromatic carbocycles. The number of nitrogens with one attached hydrogen (secondary N) is 1. The van der Waals surface area contributed by atoms with Crippen LogP contribution in [0.4, 0.5) is 0 Å². The summed E-state index contributed by atoms with van der Waals surface area (Å²) in [6.07, 6.45) is -9.45. The summed E-state index contributed by atoms with van der Waals surface area (Å²) in [4.78, 5) is 45.0. The first-order chi connectivity index (χ1) is 16.1. The van der Waals surface area contributed by atoms with Crippen molar-refractivity contribution in [1.29, 1.82) is 0 Å². The fourth-order valence-corrected chi connectivity index (χ4v) is 5.41. The zero-order valence-corrected chi connectivity index (χ0v) is 19.6. The van der Waals surface area contributed by atoms with Crippen LogP contribution in [0.3, 0.4) is 0 Å². The number of rotatable bonds is 9. The standard InChI is InChI=1S/C15H24N2O16P2/c1-6-3-17(14(23)16-11(6)21)9-2-7(19)8(30-9)4-29-34(25,26)33-35(27,28)32-12-10(20)15(24,5-18)13(22)31-12/h3,7-10,12-13,18-20,22,24H,2,4-5H2,1H3,(H,25,26)(H,27,28)(H,16,21,23)/t7-,8+,9+,10-,12+,13+,15-/m0/s1. The van der Waals surface area contributed by atoms with Gasteiger partial charge in [-0.3, -0.25) is 23.4 Å². The molecule has 3 rings (SSSR count). The second-order valence-electron chi connectivity index (χ2n) is 7.78. The van der Waals surface area contributed by atoms with E-state index in [2.05, 4.69) is 18.1 Å². The molecule has 35 heavy (non-hydrogen) atoms. The number of aliphatic hydroxyl groups excluding tert-OH is 4. The highest BCUT2D eigenvalue weighted by atomic mass is 31.3. The van der Waals surface area contributed by atoms with E-state index in [-0.39, 0.29) is 12.0 Å². The van der Waals surface area contributed by atoms with Gasteiger partial charge in [-0.25, -0.2) is 13.9 Å². The quantitative estimate of drug-likeness (QED) is 0.138. The van der Waals surface area contributed by atoms with Crippen molar-refractivity contribution in [2.45, 2.75) is 56.1 Å². The van der Waals surface area contributed by atoms with Crippen molar-refractivity contribution in [2.75, 3.05) is 13.2 Å². The summed E-state index contributed by atoms with van der Waals surface area (Å²) < 4.78 is 48.0. The first-order valence-corrected chi connectivity index (χ1v) is 12.8. The monoisotopic (exact) mass is 550 g/mol. The van der Waals surface area contributed by atoms with E-state index >= 15 is 0 Å². The number of hydrogen-bond acceptors (Lipinski definition) is 14. The largest absolute Gasteiger partial charge is 0.483 e. The molecule has 2 unspecified atom stereocenters. The number of nitrogens with zero attached hydrogens (tertiary/aromatic N) is 1. The lowest BCUT2D eigenvalue weighted by molar-refractivity contribution is -0.202. The van der Waals surface area contributed by atoms with E-state index in [1.807, 2.05) is 4.98 Å². The number of phosphoric ester groups is 2. The number of aliphatic hydroxyl groups is 5. The number of aromatic nitrogens is 2. The summed E-state index contributed by atoms with van der Waals surface area (Å²) in [5.41, 5.74) is -3.95. The van der Waals surface area contributed by atoms with E-state index in [1.165, 1.54) is 13.1 Å². The van der Waals surface area contributed by atoms with Gasteiger partial charge in [-0.05, 0) is 6.92 Å². The number of aromatic amines is 1. The molecule has 0 bridgehead atoms. The summed E-state index contributed by atoms with van der Waals surface area (Å²) in [7, 11) is -11.0. The second kappa shape index (κ2) is 10.2. The third-order valence-corrected chi connectivity index (χ3v) is 7.82. The Morgan fingerprint density at radius 1 is 1.20 bits per heavy atom. The van der Waals surface area contributed by atoms with Gasteiger partial charge < -0.3 is 44.8 Å². The van der Waals surface area contributed by atoms with Gasteiger partial charge in [0.25, 0.3) is 5.56 Å². The van der Waals surface area contributed by atoms with Crippen molar-refractivity contribution < 1.29 is 67.3 Å². The lowest BCUT2D eigenvalue weighted by Crippen LogP contribution is -2.51. The number of aryl methyl sites for hydroxylation is 1. The molecular weight excluding hydrogens is 526 g/mol. The third-order valence-electron chi connectivity index (χ3n) is 5.22. The lowest BCUT2D eigenvalue weighted by Gasteiger charge is -2.25. The Balaban J connectivity index is 1.59. The van der Waals surface area contributed by atoms with E-state index in [4.69, 9.17) is 9.84 Å². The number of phosphoric acid groups is 2. The summed E-state index contributed by atoms with van der Waals surface area (Å²) in [6.45, 7) is -0.674. The minimum atomic E-state index is -5.56. The number of hydrogen-bond donors (Lipinski definition) is 8. The molecule has 3 heterocycles. The maximum atomic E-state index is 12.1. The summed E-state index contributed by atoms with van der Waals surface area (Å²) in [5, 5.41) is 48.4. The zero-order chi connectivity index (χ0) is 26.3. The van der Waals surface area contributed by atoms with Gasteiger partial charge in [-0.1, -0.05) is 0 Å². The fraction of sp³-hybridized carbons (Fsp3) is 0.733. The van der Waals surface area contributed by atoms with Gasteiger partial charge in [-0.15, -0.1) is 0 Å². The van der Waals surface area contributed by atoms with Crippen LogP contribution in [0.15, 0.2) is 15.8 Å². The minimum Gasteiger partial charge on any atom is -0.393 e. The molecule has 20 heteroatoms. The van der Waals surface area contributed by atoms with Crippen LogP contribution < -0.4 is 11.2 Å². The Hall–Kier alpha value is -1.34. The maximum Gasteiger partial charge on any atom is 0.483 e. The molecular formula is C15H24N2O16P2. The molecule has 8 N–H and O–H groups in total. The zero-order valence-electron chi connectivity index (χ0n) is 17.8. The van der Waals surface area contributed by atoms with E-state index in [0.29, 0.717) is 0 Å². The molecule has 2 saturated heterocycles. The lowest BCUT2D eigenvalue weighted by atomic mass is 10.00. The van der Waals surface area contributed by atoms with Gasteiger partial charge in [-0.2, -0.15) is 4.31 Å². The Morgan fingerprint density at radius 2 is 1.86 bits per heavy atom. The van der Waals surface area contributed by atoms with Gasteiger partial charge in [0.15, 0.2) is 11.9 Å². The maximum absolute atomic E-state index is 12.1. The van der Waals surface area contributed by atoms with E-state index in [0.717, 1.165) is 4.57 Å². The van der Waals surface area contributed by atoms with Crippen LogP contribution in [-0.4, -0.2) is 94.6 Å². The minimum absolute atomic E-state index is 0.176. The summed E-state index contributed by atoms with van der Waals surface area (Å²) >= 11 is 0. The van der Waals surface area contributed by atoms with E-state index in [1.54, 1.807) is 0 Å². The van der Waals surface area contributed by atoms with Crippen molar-refractivity contribution in [3.63, 3.8) is 0 Å². The summed E-state index contributed by atoms with van der Waals surface area (Å²) in [5.74, 6) is 0. The SMILES string of the molecule is Cc1cn([C@H]2C[C@H](O)[C@@H](COP(=O)(O)OP(=O)(O)O[C@H]3O[C@@H](O)[C@](O)(CO)[C@H]3O)O2)c(=O)[nH]c1=O. The molecule has 0 saturated carbocycles. The first kappa shape index (κ1) is 28.2. The number of ether oxygens (including phenoxy) is 2. The average molecular weight is 550 g/mol. The van der Waals surface area contributed by atoms with Crippen LogP contribution in [-0.2, 0) is 32.0 Å². The van der Waals surface area contributed by atoms with Crippen molar-refractivity contribution in [2.24, 2.45) is 0 Å². The van der Waals surface area contributed by atoms with Crippen LogP contribution in [0.25, 0.3) is 0 Å². The predicted octanol–water partition coefficient (Wildman–Crippen LogP) is -3.50. The second-order valence-corrected chi connectivity index (χ2v) is 10.8. The van der Waals surface area contributed by atoms with Gasteiger partial charge in [0.1, 0.15) is 18.4 Å². The van der Waals surface area contributed by atoms with E-state index in [9.17, 15) is 48.9 Å². The molecule has 0 radical (unpaired) electrons. The van der Waals surface area contributed by atoms with Crippen LogP contribution in [0, 0.1) is 6.92 Å². The third kappa shape index (κ3) is 6.15. The first-order valence-electron chi connectivity index (χ1n) is 9.79. The van der Waals surface area contributed by atoms with Crippen LogP contribution in [0.5, 0.6) is 0 Å². The summed E-state index contributed by atoms with van der Waals surface area (Å²) in [6, 6.07) is 0. The Bertz CT molecular complexity index is 1140. The fourth-order valence-electron chi connectivity index (χ4n) is 3.26. The smallest absolute Gasteiger partial charge is 0.393 e. The van der Waals surface area contributed by atoms with Gasteiger partial charge in [0, 0.05) is 18.2 Å². The molecule has 9 atom stereocenters. The van der Waals surface area contributed by atoms with Crippen LogP contribution in [0.1, 0.15) is 18.2 Å². The highest BCUT2D eigenvalue weighted by Crippen LogP contribution is 2.61. The highest BCUT2D eigenvalue weighted by Gasteiger charge is 2.57. The van der Waals surface area contributed by atoms with Gasteiger partial charge in [0.05, 0.1) is 19.3 Å². The van der Waals surface area contributed by atoms with E-state index < -0.39 is 82.8 Å². The molecule has 2 aliphatic rings. The molecule has 2 fully saturated rings. The van der Waals surface area contributed by atoms with Gasteiger partial charge >= 0.3 is 21.3 Å². The molecule has 200 valence electrons. The van der Waals surface area contributed by atoms with Gasteiger partial charge in [0.2, 0.25) is 6.29 Å². The van der Waals surface area contributed by atoms with Crippen LogP contribution in [0.2, 0.25) is 0 Å². The Morgan fingerprint density at radius 3 is 2.46 bits per heavy atom. The average Bonchev–Trinajstić information content (AvgIpc) is 3.21. The molecule has 2 aliphatic heterocycles. The number of H-pyrrole nitrogens is 1. The normalized spacial score (nSPS) is 36.7. The molecule has 0 spiro atoms. The predicted molar refractivity (Wildman–Crippen MR) is 107 cm³/mol. The van der Waals surface area contributed by atoms with Crippen molar-refractivity contribution in [1.82, 2.24) is 9.55 Å². The van der Waals surface area contributed by atoms with Crippen molar-refractivity contribution in [3.8, 4) is 0 Å².